The maximum absolute atomic E-state index is 12.8. The molecular formula is C14H21N5O10P2. The molecule has 2 aromatic heterocycles. The molecule has 31 heavy (non-hydrogen) atoms. The number of nitrogens with zero attached hydrogens (tertiary/aromatic N) is 4. The Kier molecular flexibility index (Phi) is 6.79. The zero-order valence-corrected chi connectivity index (χ0v) is 17.7. The maximum Gasteiger partial charge on any atom is 0.356 e. The topological polar surface area (TPSA) is 228 Å². The molecule has 6 N–H and O–H groups in total. The van der Waals surface area contributed by atoms with E-state index in [0.29, 0.717) is 0 Å². The number of ether oxygens (including phenoxy) is 1. The summed E-state index contributed by atoms with van der Waals surface area (Å²) in [5.41, 5.74) is -0.257. The molecule has 0 aromatic carbocycles. The van der Waals surface area contributed by atoms with Gasteiger partial charge in [-0.2, -0.15) is 0 Å². The first kappa shape index (κ1) is 23.7. The third kappa shape index (κ3) is 5.64. The molecule has 1 aliphatic rings. The average Bonchev–Trinajstić information content (AvgIpc) is 3.30. The number of amides is 1. The van der Waals surface area contributed by atoms with Crippen LogP contribution in [0.15, 0.2) is 17.4 Å². The molecule has 3 heterocycles. The van der Waals surface area contributed by atoms with Crippen LogP contribution in [0.1, 0.15) is 12.5 Å². The molecule has 0 spiro atoms. The number of hydrogen-bond donors (Lipinski definition) is 6. The Hall–Kier alpha value is -1.96. The number of carbonyl (C=O) groups excluding carboxylic acids is 1. The molecule has 1 amide bonds. The van der Waals surface area contributed by atoms with Gasteiger partial charge >= 0.3 is 15.2 Å². The van der Waals surface area contributed by atoms with Crippen molar-refractivity contribution in [2.45, 2.75) is 24.4 Å². The van der Waals surface area contributed by atoms with E-state index in [1.165, 1.54) is 22.1 Å². The number of aliphatic hydroxyl groups is 1. The summed E-state index contributed by atoms with van der Waals surface area (Å²) in [7, 11) is -9.23. The van der Waals surface area contributed by atoms with E-state index in [0.717, 1.165) is 0 Å². The summed E-state index contributed by atoms with van der Waals surface area (Å²) in [5.74, 6) is -2.70. The number of carbonyl (C=O) groups is 1. The highest BCUT2D eigenvalue weighted by molar-refractivity contribution is 7.52. The highest BCUT2D eigenvalue weighted by atomic mass is 31.2. The second-order valence-corrected chi connectivity index (χ2v) is 10.6. The van der Waals surface area contributed by atoms with Gasteiger partial charge in [-0.3, -0.25) is 23.3 Å². The molecule has 0 saturated carbocycles. The number of aliphatic hydroxyl groups excluding tert-OH is 1. The number of imidazole rings is 1. The predicted octanol–water partition coefficient (Wildman–Crippen LogP) is -2.05. The number of nitrogens with one attached hydrogen (secondary N) is 1. The van der Waals surface area contributed by atoms with Crippen LogP contribution in [-0.4, -0.2) is 92.8 Å². The summed E-state index contributed by atoms with van der Waals surface area (Å²) < 4.78 is 28.8. The summed E-state index contributed by atoms with van der Waals surface area (Å²) in [6, 6.07) is -0.837. The monoisotopic (exact) mass is 481 g/mol. The maximum atomic E-state index is 12.8. The van der Waals surface area contributed by atoms with Crippen LogP contribution < -0.4 is 5.56 Å². The van der Waals surface area contributed by atoms with Gasteiger partial charge in [0.15, 0.2) is 17.0 Å². The summed E-state index contributed by atoms with van der Waals surface area (Å²) in [4.78, 5) is 73.0. The van der Waals surface area contributed by atoms with Gasteiger partial charge in [-0.25, -0.2) is 9.97 Å². The Balaban J connectivity index is 1.84. The van der Waals surface area contributed by atoms with E-state index >= 15 is 0 Å². The van der Waals surface area contributed by atoms with Crippen LogP contribution in [0.3, 0.4) is 0 Å². The second kappa shape index (κ2) is 8.88. The summed E-state index contributed by atoms with van der Waals surface area (Å²) in [6.07, 6.45) is 0.411. The smallest absolute Gasteiger partial charge is 0.356 e. The highest BCUT2D eigenvalue weighted by Gasteiger charge is 2.39. The molecule has 0 unspecified atom stereocenters. The van der Waals surface area contributed by atoms with E-state index in [2.05, 4.69) is 15.0 Å². The van der Waals surface area contributed by atoms with Crippen molar-refractivity contribution < 1.29 is 43.3 Å². The number of H-pyrrole nitrogens is 1. The van der Waals surface area contributed by atoms with Crippen molar-refractivity contribution in [3.05, 3.63) is 23.0 Å². The number of rotatable bonds is 8. The van der Waals surface area contributed by atoms with Crippen LogP contribution in [0.4, 0.5) is 0 Å². The number of aromatic amines is 1. The molecule has 17 heteroatoms. The number of fused-ring (bicyclic) bond motifs is 1. The SMILES string of the molecule is O=C(CCP(=O)(O)O)N1C[C@@H](n2cnc3nc[nH]c3c2=O)[C@H](OC[C@@H](O)P(=O)(O)O)C1. The zero-order valence-electron chi connectivity index (χ0n) is 15.9. The number of likely N-dealkylation sites (tertiary alicyclic amines) is 1. The normalized spacial score (nSPS) is 21.0. The van der Waals surface area contributed by atoms with Crippen molar-refractivity contribution >= 4 is 32.3 Å². The number of hydrogen-bond acceptors (Lipinski definition) is 8. The van der Waals surface area contributed by atoms with Gasteiger partial charge in [0.2, 0.25) is 5.91 Å². The Morgan fingerprint density at radius 2 is 1.97 bits per heavy atom. The van der Waals surface area contributed by atoms with Crippen LogP contribution in [0.25, 0.3) is 11.2 Å². The van der Waals surface area contributed by atoms with Crippen molar-refractivity contribution in [3.8, 4) is 0 Å². The summed E-state index contributed by atoms with van der Waals surface area (Å²) >= 11 is 0. The molecule has 15 nitrogen and oxygen atoms in total. The van der Waals surface area contributed by atoms with Crippen molar-refractivity contribution in [2.24, 2.45) is 0 Å². The van der Waals surface area contributed by atoms with E-state index in [1.807, 2.05) is 0 Å². The lowest BCUT2D eigenvalue weighted by Crippen LogP contribution is -2.34. The largest absolute Gasteiger partial charge is 0.378 e. The van der Waals surface area contributed by atoms with E-state index in [4.69, 9.17) is 24.3 Å². The lowest BCUT2D eigenvalue weighted by atomic mass is 10.2. The highest BCUT2D eigenvalue weighted by Crippen LogP contribution is 2.40. The second-order valence-electron chi connectivity index (χ2n) is 7.00. The molecule has 1 aliphatic heterocycles. The van der Waals surface area contributed by atoms with Gasteiger partial charge in [0.25, 0.3) is 5.56 Å². The molecule has 0 bridgehead atoms. The van der Waals surface area contributed by atoms with Crippen molar-refractivity contribution in [2.75, 3.05) is 25.9 Å². The Labute approximate surface area is 174 Å². The standard InChI is InChI=1S/C14H21N5O10P2/c20-10(1-2-30(23,24)25)18-3-8(9(4-18)29-5-11(21)31(26,27)28)19-7-17-13-12(14(19)22)15-6-16-13/h6-9,11,21H,1-5H2,(H,15,16)(H2,23,24,25)(H2,26,27,28)/t8-,9-,11+/m1/s1. The van der Waals surface area contributed by atoms with Gasteiger partial charge < -0.3 is 39.3 Å². The minimum absolute atomic E-state index is 0.0854. The average molecular weight is 481 g/mol. The molecule has 2 aromatic rings. The van der Waals surface area contributed by atoms with E-state index in [1.54, 1.807) is 0 Å². The quantitative estimate of drug-likeness (QED) is 0.224. The van der Waals surface area contributed by atoms with Crippen molar-refractivity contribution in [1.82, 2.24) is 24.4 Å². The van der Waals surface area contributed by atoms with Crippen LogP contribution >= 0.6 is 15.2 Å². The molecule has 3 atom stereocenters. The van der Waals surface area contributed by atoms with Crippen LogP contribution in [0, 0.1) is 0 Å². The fraction of sp³-hybridized carbons (Fsp3) is 0.571. The van der Waals surface area contributed by atoms with Crippen molar-refractivity contribution in [1.29, 1.82) is 0 Å². The summed E-state index contributed by atoms with van der Waals surface area (Å²) in [6.45, 7) is -0.978. The first-order chi connectivity index (χ1) is 14.4. The van der Waals surface area contributed by atoms with E-state index < -0.39 is 63.8 Å². The Morgan fingerprint density at radius 1 is 1.26 bits per heavy atom. The molecule has 1 saturated heterocycles. The first-order valence-corrected chi connectivity index (χ1v) is 12.4. The van der Waals surface area contributed by atoms with E-state index in [-0.39, 0.29) is 24.3 Å². The lowest BCUT2D eigenvalue weighted by molar-refractivity contribution is -0.130. The van der Waals surface area contributed by atoms with Gasteiger partial charge in [-0.1, -0.05) is 0 Å². The van der Waals surface area contributed by atoms with Crippen LogP contribution in [0.2, 0.25) is 0 Å². The van der Waals surface area contributed by atoms with E-state index in [9.17, 15) is 23.8 Å². The van der Waals surface area contributed by atoms with Crippen molar-refractivity contribution in [3.63, 3.8) is 0 Å². The molecule has 0 radical (unpaired) electrons. The minimum atomic E-state index is -4.83. The molecule has 1 fully saturated rings. The van der Waals surface area contributed by atoms with Gasteiger partial charge in [0.05, 0.1) is 31.2 Å². The number of aromatic nitrogens is 4. The fourth-order valence-electron chi connectivity index (χ4n) is 3.17. The third-order valence-electron chi connectivity index (χ3n) is 4.78. The molecular weight excluding hydrogens is 460 g/mol. The van der Waals surface area contributed by atoms with Gasteiger partial charge in [0.1, 0.15) is 6.33 Å². The summed E-state index contributed by atoms with van der Waals surface area (Å²) in [5, 5.41) is 9.57. The van der Waals surface area contributed by atoms with Crippen LogP contribution in [0.5, 0.6) is 0 Å². The molecule has 172 valence electrons. The first-order valence-electron chi connectivity index (χ1n) is 8.94. The lowest BCUT2D eigenvalue weighted by Gasteiger charge is -2.22. The van der Waals surface area contributed by atoms with Gasteiger partial charge in [-0.05, 0) is 0 Å². The molecule has 0 aliphatic carbocycles. The minimum Gasteiger partial charge on any atom is -0.378 e. The fourth-order valence-corrected chi connectivity index (χ4v) is 3.94. The van der Waals surface area contributed by atoms with Gasteiger partial charge in [-0.15, -0.1) is 0 Å². The third-order valence-corrected chi connectivity index (χ3v) is 6.52. The van der Waals surface area contributed by atoms with Crippen LogP contribution in [-0.2, 0) is 18.7 Å². The Bertz CT molecular complexity index is 1110. The molecule has 3 rings (SSSR count). The van der Waals surface area contributed by atoms with Gasteiger partial charge in [0, 0.05) is 19.5 Å². The predicted molar refractivity (Wildman–Crippen MR) is 103 cm³/mol. The zero-order chi connectivity index (χ0) is 23.0. The Morgan fingerprint density at radius 3 is 2.61 bits per heavy atom.